The van der Waals surface area contributed by atoms with E-state index in [9.17, 15) is 14.7 Å². The highest BCUT2D eigenvalue weighted by atomic mass is 16.5. The number of ether oxygens (including phenoxy) is 1. The molecule has 2 fully saturated rings. The van der Waals surface area contributed by atoms with Crippen LogP contribution >= 0.6 is 0 Å². The monoisotopic (exact) mass is 403 g/mol. The van der Waals surface area contributed by atoms with Gasteiger partial charge in [-0.05, 0) is 31.9 Å². The molecular formula is C22H33N3O4. The van der Waals surface area contributed by atoms with Gasteiger partial charge in [0, 0.05) is 57.3 Å². The number of piperidine rings is 1. The lowest BCUT2D eigenvalue weighted by Gasteiger charge is -2.46. The van der Waals surface area contributed by atoms with Gasteiger partial charge in [-0.3, -0.25) is 14.5 Å². The highest BCUT2D eigenvalue weighted by Gasteiger charge is 2.36. The minimum Gasteiger partial charge on any atom is -0.496 e. The number of amides is 1. The van der Waals surface area contributed by atoms with Gasteiger partial charge < -0.3 is 19.6 Å². The van der Waals surface area contributed by atoms with Crippen LogP contribution < -0.4 is 4.74 Å². The van der Waals surface area contributed by atoms with E-state index in [4.69, 9.17) is 4.74 Å². The van der Waals surface area contributed by atoms with E-state index >= 15 is 0 Å². The van der Waals surface area contributed by atoms with Crippen molar-refractivity contribution in [2.45, 2.75) is 31.7 Å². The Balaban J connectivity index is 1.65. The summed E-state index contributed by atoms with van der Waals surface area (Å²) < 4.78 is 5.38. The van der Waals surface area contributed by atoms with Crippen molar-refractivity contribution >= 4 is 11.9 Å². The number of hydrogen-bond acceptors (Lipinski definition) is 5. The number of rotatable bonds is 7. The number of piperazine rings is 1. The van der Waals surface area contributed by atoms with Gasteiger partial charge in [-0.2, -0.15) is 0 Å². The first-order valence-corrected chi connectivity index (χ1v) is 10.5. The molecule has 7 nitrogen and oxygen atoms in total. The molecule has 1 aromatic carbocycles. The quantitative estimate of drug-likeness (QED) is 0.745. The molecule has 7 heteroatoms. The number of carbonyl (C=O) groups is 2. The van der Waals surface area contributed by atoms with Crippen LogP contribution in [0.5, 0.6) is 5.75 Å². The average Bonchev–Trinajstić information content (AvgIpc) is 2.73. The predicted molar refractivity (Wildman–Crippen MR) is 111 cm³/mol. The third-order valence-corrected chi connectivity index (χ3v) is 6.32. The number of aliphatic carboxylic acids is 1. The minimum atomic E-state index is -0.764. The summed E-state index contributed by atoms with van der Waals surface area (Å²) in [4.78, 5) is 30.9. The van der Waals surface area contributed by atoms with Gasteiger partial charge in [0.2, 0.25) is 5.91 Å². The van der Waals surface area contributed by atoms with Crippen molar-refractivity contribution in [3.8, 4) is 5.75 Å². The summed E-state index contributed by atoms with van der Waals surface area (Å²) in [6, 6.07) is 7.97. The molecule has 0 aromatic heterocycles. The molecule has 2 aliphatic rings. The number of carbonyl (C=O) groups excluding carboxylic acids is 1. The van der Waals surface area contributed by atoms with E-state index in [-0.39, 0.29) is 18.2 Å². The average molecular weight is 404 g/mol. The molecule has 3 rings (SSSR count). The summed E-state index contributed by atoms with van der Waals surface area (Å²) in [6.07, 6.45) is 1.99. The maximum absolute atomic E-state index is 13.0. The fraction of sp³-hybridized carbons (Fsp3) is 0.636. The molecule has 2 heterocycles. The second-order valence-corrected chi connectivity index (χ2v) is 8.22. The molecular weight excluding hydrogens is 370 g/mol. The lowest BCUT2D eigenvalue weighted by molar-refractivity contribution is -0.137. The standard InChI is InChI=1S/C22H33N3O4/c1-23-11-13-24(14-12-23)19-9-10-25(16-18(19)7-8-22(27)28)21(26)15-17-5-3-4-6-20(17)29-2/h3-6,18-19H,7-16H2,1-2H3,(H,27,28). The molecule has 2 aliphatic heterocycles. The van der Waals surface area contributed by atoms with Gasteiger partial charge in [0.1, 0.15) is 5.75 Å². The third-order valence-electron chi connectivity index (χ3n) is 6.32. The Morgan fingerprint density at radius 3 is 2.55 bits per heavy atom. The van der Waals surface area contributed by atoms with Crippen LogP contribution in [-0.4, -0.2) is 91.2 Å². The van der Waals surface area contributed by atoms with Crippen LogP contribution in [0, 0.1) is 5.92 Å². The van der Waals surface area contributed by atoms with Crippen LogP contribution in [0.1, 0.15) is 24.8 Å². The van der Waals surface area contributed by atoms with Gasteiger partial charge in [0.15, 0.2) is 0 Å². The Morgan fingerprint density at radius 1 is 1.14 bits per heavy atom. The zero-order valence-corrected chi connectivity index (χ0v) is 17.5. The van der Waals surface area contributed by atoms with Gasteiger partial charge in [-0.15, -0.1) is 0 Å². The molecule has 0 bridgehead atoms. The highest BCUT2D eigenvalue weighted by molar-refractivity contribution is 5.79. The number of methoxy groups -OCH3 is 1. The fourth-order valence-electron chi connectivity index (χ4n) is 4.60. The van der Waals surface area contributed by atoms with Crippen LogP contribution in [0.4, 0.5) is 0 Å². The highest BCUT2D eigenvalue weighted by Crippen LogP contribution is 2.28. The van der Waals surface area contributed by atoms with E-state index in [1.807, 2.05) is 29.2 Å². The molecule has 1 N–H and O–H groups in total. The van der Waals surface area contributed by atoms with Crippen LogP contribution in [0.15, 0.2) is 24.3 Å². The molecule has 0 radical (unpaired) electrons. The van der Waals surface area contributed by atoms with Gasteiger partial charge in [0.05, 0.1) is 13.5 Å². The normalized spacial score (nSPS) is 23.7. The molecule has 0 saturated carbocycles. The minimum absolute atomic E-state index is 0.0895. The number of nitrogens with zero attached hydrogens (tertiary/aromatic N) is 3. The summed E-state index contributed by atoms with van der Waals surface area (Å²) in [7, 11) is 3.76. The molecule has 2 unspecified atom stereocenters. The predicted octanol–water partition coefficient (Wildman–Crippen LogP) is 1.57. The van der Waals surface area contributed by atoms with Gasteiger partial charge in [-0.1, -0.05) is 18.2 Å². The maximum Gasteiger partial charge on any atom is 0.303 e. The second-order valence-electron chi connectivity index (χ2n) is 8.22. The number of carboxylic acids is 1. The lowest BCUT2D eigenvalue weighted by atomic mass is 9.86. The van der Waals surface area contributed by atoms with Gasteiger partial charge in [0.25, 0.3) is 0 Å². The van der Waals surface area contributed by atoms with E-state index in [1.165, 1.54) is 0 Å². The number of benzene rings is 1. The second kappa shape index (κ2) is 10.1. The van der Waals surface area contributed by atoms with E-state index < -0.39 is 5.97 Å². The van der Waals surface area contributed by atoms with Crippen molar-refractivity contribution < 1.29 is 19.4 Å². The molecule has 0 spiro atoms. The summed E-state index contributed by atoms with van der Waals surface area (Å²) in [5.74, 6) is 0.256. The Kier molecular flexibility index (Phi) is 7.50. The van der Waals surface area contributed by atoms with E-state index in [0.717, 1.165) is 50.5 Å². The topological polar surface area (TPSA) is 73.3 Å². The molecule has 29 heavy (non-hydrogen) atoms. The number of hydrogen-bond donors (Lipinski definition) is 1. The molecule has 160 valence electrons. The maximum atomic E-state index is 13.0. The fourth-order valence-corrected chi connectivity index (χ4v) is 4.60. The summed E-state index contributed by atoms with van der Waals surface area (Å²) in [5, 5.41) is 9.19. The smallest absolute Gasteiger partial charge is 0.303 e. The number of carboxylic acid groups (broad SMARTS) is 1. The van der Waals surface area contributed by atoms with Crippen molar-refractivity contribution in [3.05, 3.63) is 29.8 Å². The van der Waals surface area contributed by atoms with Crippen LogP contribution in [-0.2, 0) is 16.0 Å². The summed E-state index contributed by atoms with van der Waals surface area (Å²) >= 11 is 0. The summed E-state index contributed by atoms with van der Waals surface area (Å²) in [6.45, 7) is 5.48. The number of para-hydroxylation sites is 1. The molecule has 1 amide bonds. The van der Waals surface area contributed by atoms with Crippen molar-refractivity contribution in [2.24, 2.45) is 5.92 Å². The van der Waals surface area contributed by atoms with Crippen LogP contribution in [0.2, 0.25) is 0 Å². The molecule has 2 saturated heterocycles. The Morgan fingerprint density at radius 2 is 1.86 bits per heavy atom. The molecule has 1 aromatic rings. The first-order valence-electron chi connectivity index (χ1n) is 10.5. The van der Waals surface area contributed by atoms with Gasteiger partial charge in [-0.25, -0.2) is 0 Å². The van der Waals surface area contributed by atoms with Crippen LogP contribution in [0.3, 0.4) is 0 Å². The summed E-state index contributed by atoms with van der Waals surface area (Å²) in [5.41, 5.74) is 0.892. The zero-order valence-electron chi connectivity index (χ0n) is 17.5. The van der Waals surface area contributed by atoms with E-state index in [2.05, 4.69) is 16.8 Å². The van der Waals surface area contributed by atoms with Crippen molar-refractivity contribution in [2.75, 3.05) is 53.4 Å². The van der Waals surface area contributed by atoms with Crippen molar-refractivity contribution in [1.29, 1.82) is 0 Å². The van der Waals surface area contributed by atoms with Crippen molar-refractivity contribution in [3.63, 3.8) is 0 Å². The Labute approximate surface area is 173 Å². The number of likely N-dealkylation sites (tertiary alicyclic amines) is 1. The first-order chi connectivity index (χ1) is 14.0. The van der Waals surface area contributed by atoms with E-state index in [1.54, 1.807) is 7.11 Å². The third kappa shape index (κ3) is 5.70. The molecule has 2 atom stereocenters. The van der Waals surface area contributed by atoms with Crippen molar-refractivity contribution in [1.82, 2.24) is 14.7 Å². The van der Waals surface area contributed by atoms with Gasteiger partial charge >= 0.3 is 5.97 Å². The Bertz CT molecular complexity index is 703. The zero-order chi connectivity index (χ0) is 20.8. The van der Waals surface area contributed by atoms with E-state index in [0.29, 0.717) is 25.4 Å². The van der Waals surface area contributed by atoms with Crippen LogP contribution in [0.25, 0.3) is 0 Å². The number of likely N-dealkylation sites (N-methyl/N-ethyl adjacent to an activating group) is 1. The Hall–Kier alpha value is -2.12. The molecule has 0 aliphatic carbocycles. The lowest BCUT2D eigenvalue weighted by Crippen LogP contribution is -2.57. The largest absolute Gasteiger partial charge is 0.496 e. The first kappa shape index (κ1) is 21.6. The SMILES string of the molecule is COc1ccccc1CC(=O)N1CCC(N2CCN(C)CC2)C(CCC(=O)O)C1.